The summed E-state index contributed by atoms with van der Waals surface area (Å²) in [5.74, 6) is -0.355. The largest absolute Gasteiger partial charge is 0.298 e. The van der Waals surface area contributed by atoms with Crippen LogP contribution >= 0.6 is 57.7 Å². The second kappa shape index (κ2) is 7.30. The molecule has 0 aliphatic rings. The number of aromatic nitrogens is 1. The summed E-state index contributed by atoms with van der Waals surface area (Å²) in [7, 11) is 0. The Morgan fingerprint density at radius 3 is 2.46 bits per heavy atom. The minimum Gasteiger partial charge on any atom is -0.298 e. The van der Waals surface area contributed by atoms with Gasteiger partial charge >= 0.3 is 0 Å². The number of nitrogens with one attached hydrogen (secondary N) is 1. The molecule has 2 aromatic carbocycles. The van der Waals surface area contributed by atoms with Crippen molar-refractivity contribution in [3.05, 3.63) is 67.4 Å². The first-order valence-corrected chi connectivity index (χ1v) is 9.00. The number of amides is 1. The van der Waals surface area contributed by atoms with E-state index in [1.807, 2.05) is 11.4 Å². The molecule has 1 aromatic heterocycles. The molecule has 0 radical (unpaired) electrons. The number of rotatable bonds is 3. The molecule has 0 unspecified atom stereocenters. The van der Waals surface area contributed by atoms with Gasteiger partial charge in [-0.15, -0.1) is 11.3 Å². The van der Waals surface area contributed by atoms with Crippen molar-refractivity contribution in [1.29, 1.82) is 0 Å². The van der Waals surface area contributed by atoms with Crippen LogP contribution in [0.5, 0.6) is 0 Å². The molecule has 0 aliphatic heterocycles. The van der Waals surface area contributed by atoms with Gasteiger partial charge in [0.15, 0.2) is 5.13 Å². The predicted molar refractivity (Wildman–Crippen MR) is 102 cm³/mol. The Kier molecular flexibility index (Phi) is 5.33. The van der Waals surface area contributed by atoms with Crippen LogP contribution in [-0.2, 0) is 0 Å². The molecule has 0 saturated carbocycles. The third-order valence-electron chi connectivity index (χ3n) is 3.12. The lowest BCUT2D eigenvalue weighted by Gasteiger charge is -2.04. The fraction of sp³-hybridized carbons (Fsp3) is 0. The van der Waals surface area contributed by atoms with Gasteiger partial charge in [0.05, 0.1) is 26.3 Å². The standard InChI is InChI=1S/C16H8Cl4N2OS/c17-9-2-3-10(12(19)6-9)15(23)22-16-21-14(7-24-16)8-1-4-11(18)13(20)5-8/h1-7H,(H,21,22,23). The lowest BCUT2D eigenvalue weighted by atomic mass is 10.2. The second-order valence-corrected chi connectivity index (χ2v) is 7.26. The minimum absolute atomic E-state index is 0.279. The predicted octanol–water partition coefficient (Wildman–Crippen LogP) is 6.68. The van der Waals surface area contributed by atoms with Gasteiger partial charge in [0.2, 0.25) is 0 Å². The number of benzene rings is 2. The van der Waals surface area contributed by atoms with Crippen molar-refractivity contribution >= 4 is 68.8 Å². The first-order valence-electron chi connectivity index (χ1n) is 6.61. The zero-order valence-electron chi connectivity index (χ0n) is 11.8. The topological polar surface area (TPSA) is 42.0 Å². The number of carbonyl (C=O) groups excluding carboxylic acids is 1. The smallest absolute Gasteiger partial charge is 0.258 e. The number of halogens is 4. The molecule has 3 aromatic rings. The summed E-state index contributed by atoms with van der Waals surface area (Å²) in [4.78, 5) is 16.7. The van der Waals surface area contributed by atoms with Gasteiger partial charge in [0.1, 0.15) is 0 Å². The zero-order chi connectivity index (χ0) is 17.3. The first kappa shape index (κ1) is 17.5. The molecule has 0 spiro atoms. The van der Waals surface area contributed by atoms with Gasteiger partial charge in [-0.05, 0) is 30.3 Å². The maximum Gasteiger partial charge on any atom is 0.258 e. The molecule has 1 N–H and O–H groups in total. The van der Waals surface area contributed by atoms with Gasteiger partial charge < -0.3 is 0 Å². The number of hydrogen-bond donors (Lipinski definition) is 1. The lowest BCUT2D eigenvalue weighted by Crippen LogP contribution is -2.12. The van der Waals surface area contributed by atoms with Crippen LogP contribution < -0.4 is 5.32 Å². The molecule has 24 heavy (non-hydrogen) atoms. The third kappa shape index (κ3) is 3.85. The van der Waals surface area contributed by atoms with Crippen LogP contribution in [0.2, 0.25) is 20.1 Å². The van der Waals surface area contributed by atoms with E-state index in [9.17, 15) is 4.79 Å². The van der Waals surface area contributed by atoms with E-state index in [-0.39, 0.29) is 10.9 Å². The summed E-state index contributed by atoms with van der Waals surface area (Å²) >= 11 is 25.1. The van der Waals surface area contributed by atoms with Gasteiger partial charge in [0.25, 0.3) is 5.91 Å². The molecule has 0 aliphatic carbocycles. The second-order valence-electron chi connectivity index (χ2n) is 4.75. The highest BCUT2D eigenvalue weighted by Gasteiger charge is 2.13. The van der Waals surface area contributed by atoms with Crippen molar-refractivity contribution in [3.63, 3.8) is 0 Å². The van der Waals surface area contributed by atoms with Gasteiger partial charge in [-0.1, -0.05) is 52.5 Å². The minimum atomic E-state index is -0.355. The number of thiazole rings is 1. The Morgan fingerprint density at radius 1 is 0.958 bits per heavy atom. The summed E-state index contributed by atoms with van der Waals surface area (Å²) in [6.07, 6.45) is 0. The monoisotopic (exact) mass is 416 g/mol. The molecule has 3 rings (SSSR count). The van der Waals surface area contributed by atoms with Gasteiger partial charge in [-0.2, -0.15) is 0 Å². The average Bonchev–Trinajstić information content (AvgIpc) is 2.98. The molecule has 0 bridgehead atoms. The normalized spacial score (nSPS) is 10.7. The summed E-state index contributed by atoms with van der Waals surface area (Å²) in [6, 6.07) is 9.91. The van der Waals surface area contributed by atoms with E-state index in [0.717, 1.165) is 5.56 Å². The van der Waals surface area contributed by atoms with Gasteiger partial charge in [-0.3, -0.25) is 10.1 Å². The third-order valence-corrected chi connectivity index (χ3v) is 5.16. The highest BCUT2D eigenvalue weighted by atomic mass is 35.5. The van der Waals surface area contributed by atoms with Crippen LogP contribution in [0.15, 0.2) is 41.8 Å². The Morgan fingerprint density at radius 2 is 1.75 bits per heavy atom. The van der Waals surface area contributed by atoms with E-state index in [1.165, 1.54) is 17.4 Å². The molecule has 0 saturated heterocycles. The summed E-state index contributed by atoms with van der Waals surface area (Å²) in [6.45, 7) is 0. The lowest BCUT2D eigenvalue weighted by molar-refractivity contribution is 0.102. The average molecular weight is 418 g/mol. The van der Waals surface area contributed by atoms with E-state index in [0.29, 0.717) is 31.5 Å². The molecule has 0 fully saturated rings. The van der Waals surface area contributed by atoms with Crippen LogP contribution in [0.25, 0.3) is 11.3 Å². The molecule has 1 amide bonds. The van der Waals surface area contributed by atoms with Crippen molar-refractivity contribution in [2.45, 2.75) is 0 Å². The molecule has 0 atom stereocenters. The van der Waals surface area contributed by atoms with Crippen LogP contribution in [0.1, 0.15) is 10.4 Å². The highest BCUT2D eigenvalue weighted by Crippen LogP contribution is 2.31. The number of anilines is 1. The maximum absolute atomic E-state index is 12.3. The van der Waals surface area contributed by atoms with Crippen molar-refractivity contribution in [2.24, 2.45) is 0 Å². The summed E-state index contributed by atoms with van der Waals surface area (Å²) in [5.41, 5.74) is 1.83. The van der Waals surface area contributed by atoms with Crippen LogP contribution in [0, 0.1) is 0 Å². The fourth-order valence-electron chi connectivity index (χ4n) is 1.96. The zero-order valence-corrected chi connectivity index (χ0v) is 15.7. The number of nitrogens with zero attached hydrogens (tertiary/aromatic N) is 1. The van der Waals surface area contributed by atoms with Gasteiger partial charge in [0, 0.05) is 16.0 Å². The number of hydrogen-bond acceptors (Lipinski definition) is 3. The maximum atomic E-state index is 12.3. The van der Waals surface area contributed by atoms with E-state index in [2.05, 4.69) is 10.3 Å². The SMILES string of the molecule is O=C(Nc1nc(-c2ccc(Cl)c(Cl)c2)cs1)c1ccc(Cl)cc1Cl. The fourth-order valence-corrected chi connectivity index (χ4v) is 3.46. The van der Waals surface area contributed by atoms with Crippen LogP contribution in [0.3, 0.4) is 0 Å². The highest BCUT2D eigenvalue weighted by molar-refractivity contribution is 7.14. The van der Waals surface area contributed by atoms with Crippen LogP contribution in [-0.4, -0.2) is 10.9 Å². The van der Waals surface area contributed by atoms with E-state index in [4.69, 9.17) is 46.4 Å². The quantitative estimate of drug-likeness (QED) is 0.516. The Balaban J connectivity index is 1.80. The molecular formula is C16H8Cl4N2OS. The van der Waals surface area contributed by atoms with Crippen LogP contribution in [0.4, 0.5) is 5.13 Å². The molecule has 8 heteroatoms. The Labute approximate surface area is 162 Å². The summed E-state index contributed by atoms with van der Waals surface area (Å²) in [5, 5.41) is 6.65. The molecule has 3 nitrogen and oxygen atoms in total. The Bertz CT molecular complexity index is 926. The van der Waals surface area contributed by atoms with Crippen molar-refractivity contribution in [2.75, 3.05) is 5.32 Å². The van der Waals surface area contributed by atoms with E-state index >= 15 is 0 Å². The van der Waals surface area contributed by atoms with E-state index < -0.39 is 0 Å². The number of carbonyl (C=O) groups is 1. The molecular weight excluding hydrogens is 410 g/mol. The Hall–Kier alpha value is -1.30. The van der Waals surface area contributed by atoms with Gasteiger partial charge in [-0.25, -0.2) is 4.98 Å². The van der Waals surface area contributed by atoms with E-state index in [1.54, 1.807) is 24.3 Å². The molecule has 122 valence electrons. The summed E-state index contributed by atoms with van der Waals surface area (Å²) < 4.78 is 0. The molecule has 1 heterocycles. The van der Waals surface area contributed by atoms with Crippen molar-refractivity contribution < 1.29 is 4.79 Å². The van der Waals surface area contributed by atoms with Crippen molar-refractivity contribution in [1.82, 2.24) is 4.98 Å². The van der Waals surface area contributed by atoms with Crippen molar-refractivity contribution in [3.8, 4) is 11.3 Å². The first-order chi connectivity index (χ1) is 11.4.